The van der Waals surface area contributed by atoms with Gasteiger partial charge in [0.15, 0.2) is 5.82 Å². The first-order valence-electron chi connectivity index (χ1n) is 4.26. The minimum atomic E-state index is -0.624. The van der Waals surface area contributed by atoms with Gasteiger partial charge in [0, 0.05) is 5.56 Å². The summed E-state index contributed by atoms with van der Waals surface area (Å²) in [5.74, 6) is -0.624. The van der Waals surface area contributed by atoms with Gasteiger partial charge < -0.3 is 0 Å². The molecule has 0 spiro atoms. The zero-order valence-electron chi connectivity index (χ0n) is 7.85. The van der Waals surface area contributed by atoms with Crippen molar-refractivity contribution in [2.75, 3.05) is 0 Å². The van der Waals surface area contributed by atoms with E-state index < -0.39 is 5.82 Å². The number of halogens is 2. The van der Waals surface area contributed by atoms with Gasteiger partial charge in [-0.1, -0.05) is 11.6 Å². The molecule has 1 heterocycles. The fourth-order valence-corrected chi connectivity index (χ4v) is 1.44. The van der Waals surface area contributed by atoms with Gasteiger partial charge in [-0.05, 0) is 23.4 Å². The van der Waals surface area contributed by atoms with Crippen LogP contribution < -0.4 is 0 Å². The van der Waals surface area contributed by atoms with Crippen molar-refractivity contribution in [1.82, 2.24) is 15.4 Å². The Hall–Kier alpha value is -2.06. The maximum absolute atomic E-state index is 13.7. The molecule has 1 aromatic carbocycles. The maximum atomic E-state index is 13.7. The molecule has 0 amide bonds. The van der Waals surface area contributed by atoms with E-state index in [0.29, 0.717) is 0 Å². The molecule has 0 radical (unpaired) electrons. The monoisotopic (exact) mass is 234 g/mol. The van der Waals surface area contributed by atoms with E-state index in [1.54, 1.807) is 0 Å². The van der Waals surface area contributed by atoms with Gasteiger partial charge in [0.2, 0.25) is 0 Å². The van der Waals surface area contributed by atoms with Crippen LogP contribution in [-0.2, 0) is 0 Å². The number of aromatic nitrogens is 3. The van der Waals surface area contributed by atoms with Crippen LogP contribution in [0.3, 0.4) is 0 Å². The highest BCUT2D eigenvalue weighted by Gasteiger charge is 2.12. The first kappa shape index (κ1) is 10.5. The molecule has 0 bridgehead atoms. The highest BCUT2D eigenvalue weighted by Crippen LogP contribution is 2.27. The molecule has 0 N–H and O–H groups in total. The molecule has 2 aromatic rings. The molecule has 0 aliphatic rings. The molecule has 0 aliphatic heterocycles. The van der Waals surface area contributed by atoms with Crippen LogP contribution in [0, 0.1) is 17.1 Å². The summed E-state index contributed by atoms with van der Waals surface area (Å²) in [6.07, 6.45) is 1.38. The molecule has 6 heteroatoms. The third-order valence-electron chi connectivity index (χ3n) is 1.94. The Bertz CT molecular complexity index is 565. The van der Waals surface area contributed by atoms with Crippen molar-refractivity contribution in [2.24, 2.45) is 0 Å². The second-order valence-corrected chi connectivity index (χ2v) is 3.34. The van der Waals surface area contributed by atoms with Gasteiger partial charge in [-0.25, -0.2) is 4.39 Å². The van der Waals surface area contributed by atoms with E-state index in [2.05, 4.69) is 15.4 Å². The van der Waals surface area contributed by atoms with E-state index in [4.69, 9.17) is 16.9 Å². The molecular formula is C10H4ClFN4. The smallest absolute Gasteiger partial charge is 0.151 e. The van der Waals surface area contributed by atoms with Gasteiger partial charge in [-0.15, -0.1) is 10.2 Å². The number of nitriles is 1. The van der Waals surface area contributed by atoms with Crippen molar-refractivity contribution in [3.05, 3.63) is 40.8 Å². The Labute approximate surface area is 95.3 Å². The number of benzene rings is 1. The number of hydrogen-bond acceptors (Lipinski definition) is 4. The summed E-state index contributed by atoms with van der Waals surface area (Å²) in [7, 11) is 0. The van der Waals surface area contributed by atoms with Crippen LogP contribution in [0.15, 0.2) is 24.4 Å². The second kappa shape index (κ2) is 4.21. The van der Waals surface area contributed by atoms with Gasteiger partial charge in [0.05, 0.1) is 28.5 Å². The number of nitrogens with zero attached hydrogens (tertiary/aromatic N) is 4. The van der Waals surface area contributed by atoms with E-state index in [9.17, 15) is 4.39 Å². The topological polar surface area (TPSA) is 62.5 Å². The molecule has 16 heavy (non-hydrogen) atoms. The summed E-state index contributed by atoms with van der Waals surface area (Å²) in [6, 6.07) is 6.00. The lowest BCUT2D eigenvalue weighted by Gasteiger charge is -2.03. The van der Waals surface area contributed by atoms with Crippen LogP contribution in [0.2, 0.25) is 5.02 Å². The predicted molar refractivity (Wildman–Crippen MR) is 54.9 cm³/mol. The highest BCUT2D eigenvalue weighted by molar-refractivity contribution is 6.31. The van der Waals surface area contributed by atoms with Crippen molar-refractivity contribution in [1.29, 1.82) is 5.26 Å². The molecule has 0 aliphatic carbocycles. The molecule has 0 fully saturated rings. The van der Waals surface area contributed by atoms with E-state index >= 15 is 0 Å². The van der Waals surface area contributed by atoms with E-state index in [0.717, 1.165) is 0 Å². The average molecular weight is 235 g/mol. The van der Waals surface area contributed by atoms with Gasteiger partial charge in [-0.3, -0.25) is 0 Å². The van der Waals surface area contributed by atoms with Crippen molar-refractivity contribution >= 4 is 11.6 Å². The van der Waals surface area contributed by atoms with E-state index in [-0.39, 0.29) is 21.8 Å². The average Bonchev–Trinajstić information content (AvgIpc) is 2.33. The summed E-state index contributed by atoms with van der Waals surface area (Å²) >= 11 is 5.66. The zero-order valence-corrected chi connectivity index (χ0v) is 8.61. The summed E-state index contributed by atoms with van der Waals surface area (Å²) in [6.45, 7) is 0. The SMILES string of the molecule is N#Cc1cc(Cl)c(F)c(-c2ccnnn2)c1. The Morgan fingerprint density at radius 2 is 2.19 bits per heavy atom. The predicted octanol–water partition coefficient (Wildman–Crippen LogP) is 2.20. The molecule has 0 saturated heterocycles. The quantitative estimate of drug-likeness (QED) is 0.759. The second-order valence-electron chi connectivity index (χ2n) is 2.94. The van der Waals surface area contributed by atoms with Crippen LogP contribution in [0.25, 0.3) is 11.3 Å². The first-order valence-corrected chi connectivity index (χ1v) is 4.64. The molecule has 4 nitrogen and oxygen atoms in total. The Morgan fingerprint density at radius 3 is 2.81 bits per heavy atom. The number of hydrogen-bond donors (Lipinski definition) is 0. The van der Waals surface area contributed by atoms with Crippen molar-refractivity contribution in [3.63, 3.8) is 0 Å². The molecule has 0 atom stereocenters. The standard InChI is InChI=1S/C10H4ClFN4/c11-8-4-6(5-13)3-7(10(8)12)9-1-2-14-16-15-9/h1-4H. The molecule has 1 aromatic heterocycles. The molecule has 78 valence electrons. The van der Waals surface area contributed by atoms with E-state index in [1.165, 1.54) is 24.4 Å². The summed E-state index contributed by atoms with van der Waals surface area (Å²) < 4.78 is 13.7. The minimum Gasteiger partial charge on any atom is -0.205 e. The van der Waals surface area contributed by atoms with Gasteiger partial charge in [-0.2, -0.15) is 5.26 Å². The lowest BCUT2D eigenvalue weighted by atomic mass is 10.1. The molecular weight excluding hydrogens is 231 g/mol. The van der Waals surface area contributed by atoms with E-state index in [1.807, 2.05) is 6.07 Å². The van der Waals surface area contributed by atoms with Crippen LogP contribution in [-0.4, -0.2) is 15.4 Å². The highest BCUT2D eigenvalue weighted by atomic mass is 35.5. The van der Waals surface area contributed by atoms with Crippen molar-refractivity contribution in [3.8, 4) is 17.3 Å². The summed E-state index contributed by atoms with van der Waals surface area (Å²) in [4.78, 5) is 0. The fourth-order valence-electron chi connectivity index (χ4n) is 1.22. The zero-order chi connectivity index (χ0) is 11.5. The largest absolute Gasteiger partial charge is 0.205 e. The van der Waals surface area contributed by atoms with Crippen LogP contribution in [0.1, 0.15) is 5.56 Å². The van der Waals surface area contributed by atoms with Crippen LogP contribution >= 0.6 is 11.6 Å². The van der Waals surface area contributed by atoms with Gasteiger partial charge >= 0.3 is 0 Å². The Kier molecular flexibility index (Phi) is 2.75. The fraction of sp³-hybridized carbons (Fsp3) is 0. The van der Waals surface area contributed by atoms with Crippen LogP contribution in [0.4, 0.5) is 4.39 Å². The van der Waals surface area contributed by atoms with Crippen molar-refractivity contribution in [2.45, 2.75) is 0 Å². The maximum Gasteiger partial charge on any atom is 0.151 e. The molecule has 0 unspecified atom stereocenters. The lowest BCUT2D eigenvalue weighted by Crippen LogP contribution is -1.93. The lowest BCUT2D eigenvalue weighted by molar-refractivity contribution is 0.630. The number of rotatable bonds is 1. The Morgan fingerprint density at radius 1 is 1.38 bits per heavy atom. The molecule has 2 rings (SSSR count). The third kappa shape index (κ3) is 1.83. The molecule has 0 saturated carbocycles. The summed E-state index contributed by atoms with van der Waals surface area (Å²) in [5, 5.41) is 19.2. The summed E-state index contributed by atoms with van der Waals surface area (Å²) in [5.41, 5.74) is 0.686. The normalized spacial score (nSPS) is 9.81. The minimum absolute atomic E-state index is 0.118. The Balaban J connectivity index is 2.66. The van der Waals surface area contributed by atoms with Gasteiger partial charge in [0.1, 0.15) is 0 Å². The third-order valence-corrected chi connectivity index (χ3v) is 2.21. The van der Waals surface area contributed by atoms with Gasteiger partial charge in [0.25, 0.3) is 0 Å². The van der Waals surface area contributed by atoms with Crippen LogP contribution in [0.5, 0.6) is 0 Å². The first-order chi connectivity index (χ1) is 7.72. The van der Waals surface area contributed by atoms with Crippen molar-refractivity contribution < 1.29 is 4.39 Å².